The zero-order valence-electron chi connectivity index (χ0n) is 13.4. The number of esters is 2. The van der Waals surface area contributed by atoms with Crippen molar-refractivity contribution >= 4 is 23.9 Å². The van der Waals surface area contributed by atoms with Gasteiger partial charge in [0, 0.05) is 18.8 Å². The Morgan fingerprint density at radius 2 is 1.26 bits per heavy atom. The molecule has 0 aromatic rings. The highest BCUT2D eigenvalue weighted by atomic mass is 16.6. The molecule has 0 radical (unpaired) electrons. The van der Waals surface area contributed by atoms with Gasteiger partial charge in [0.25, 0.3) is 0 Å². The van der Waals surface area contributed by atoms with Crippen LogP contribution in [-0.4, -0.2) is 37.1 Å². The van der Waals surface area contributed by atoms with E-state index in [2.05, 4.69) is 0 Å². The Labute approximate surface area is 134 Å². The van der Waals surface area contributed by atoms with Crippen LogP contribution in [0, 0.1) is 5.41 Å². The molecule has 0 aliphatic carbocycles. The third-order valence-corrected chi connectivity index (χ3v) is 3.17. The summed E-state index contributed by atoms with van der Waals surface area (Å²) in [7, 11) is 0. The fourth-order valence-electron chi connectivity index (χ4n) is 1.74. The van der Waals surface area contributed by atoms with Crippen LogP contribution in [-0.2, 0) is 28.7 Å². The summed E-state index contributed by atoms with van der Waals surface area (Å²) in [5.74, 6) is -4.35. The molecular formula is C15H22O8-2. The fourth-order valence-corrected chi connectivity index (χ4v) is 1.74. The number of carboxylic acid groups (broad SMARTS) is 2. The molecule has 0 atom stereocenters. The van der Waals surface area contributed by atoms with Crippen molar-refractivity contribution in [3.63, 3.8) is 0 Å². The van der Waals surface area contributed by atoms with Crippen molar-refractivity contribution in [3.05, 3.63) is 0 Å². The van der Waals surface area contributed by atoms with E-state index in [4.69, 9.17) is 9.47 Å². The number of carbonyl (C=O) groups is 4. The first-order chi connectivity index (χ1) is 10.8. The molecule has 0 heterocycles. The lowest BCUT2D eigenvalue weighted by Crippen LogP contribution is -2.50. The van der Waals surface area contributed by atoms with E-state index in [1.807, 2.05) is 0 Å². The van der Waals surface area contributed by atoms with Gasteiger partial charge >= 0.3 is 11.9 Å². The first-order valence-corrected chi connectivity index (χ1v) is 7.50. The van der Waals surface area contributed by atoms with Crippen LogP contribution in [0.4, 0.5) is 0 Å². The normalized spacial score (nSPS) is 10.9. The number of carboxylic acids is 2. The van der Waals surface area contributed by atoms with Crippen molar-refractivity contribution in [1.29, 1.82) is 0 Å². The summed E-state index contributed by atoms with van der Waals surface area (Å²) in [6.07, 6.45) is 0.197. The lowest BCUT2D eigenvalue weighted by molar-refractivity contribution is -0.324. The van der Waals surface area contributed by atoms with Gasteiger partial charge in [-0.25, -0.2) is 0 Å². The molecule has 0 saturated carbocycles. The summed E-state index contributed by atoms with van der Waals surface area (Å²) in [6, 6.07) is 0. The molecule has 0 fully saturated rings. The summed E-state index contributed by atoms with van der Waals surface area (Å²) in [6.45, 7) is 2.24. The molecule has 8 heteroatoms. The zero-order chi connectivity index (χ0) is 17.9. The quantitative estimate of drug-likeness (QED) is 0.413. The third kappa shape index (κ3) is 8.18. The molecule has 0 N–H and O–H groups in total. The molecule has 0 unspecified atom stereocenters. The molecule has 0 bridgehead atoms. The van der Waals surface area contributed by atoms with E-state index in [1.165, 1.54) is 0 Å². The van der Waals surface area contributed by atoms with Gasteiger partial charge in [-0.2, -0.15) is 0 Å². The summed E-state index contributed by atoms with van der Waals surface area (Å²) in [5.41, 5.74) is -1.91. The molecule has 0 amide bonds. The van der Waals surface area contributed by atoms with Crippen LogP contribution in [0.15, 0.2) is 0 Å². The first-order valence-electron chi connectivity index (χ1n) is 7.50. The van der Waals surface area contributed by atoms with Gasteiger partial charge in [-0.15, -0.1) is 0 Å². The van der Waals surface area contributed by atoms with Gasteiger partial charge in [0.2, 0.25) is 0 Å². The number of carbonyl (C=O) groups excluding carboxylic acids is 4. The molecular weight excluding hydrogens is 308 g/mol. The maximum Gasteiger partial charge on any atom is 0.305 e. The van der Waals surface area contributed by atoms with Gasteiger partial charge in [0.05, 0.1) is 11.4 Å². The van der Waals surface area contributed by atoms with Gasteiger partial charge in [-0.3, -0.25) is 9.59 Å². The molecule has 0 aliphatic rings. The summed E-state index contributed by atoms with van der Waals surface area (Å²) in [4.78, 5) is 44.9. The van der Waals surface area contributed by atoms with Crippen LogP contribution in [0.25, 0.3) is 0 Å². The molecule has 0 aromatic carbocycles. The molecule has 0 aliphatic heterocycles. The number of hydrogen-bond acceptors (Lipinski definition) is 8. The van der Waals surface area contributed by atoms with E-state index in [1.54, 1.807) is 13.8 Å². The monoisotopic (exact) mass is 330 g/mol. The molecule has 0 saturated heterocycles. The number of hydrogen-bond donors (Lipinski definition) is 0. The van der Waals surface area contributed by atoms with Crippen LogP contribution in [0.3, 0.4) is 0 Å². The van der Waals surface area contributed by atoms with E-state index in [9.17, 15) is 29.4 Å². The number of rotatable bonds is 12. The van der Waals surface area contributed by atoms with Crippen LogP contribution in [0.1, 0.15) is 52.4 Å². The lowest BCUT2D eigenvalue weighted by atomic mass is 9.84. The minimum absolute atomic E-state index is 0.0965. The highest BCUT2D eigenvalue weighted by molar-refractivity contribution is 5.76. The molecule has 8 nitrogen and oxygen atoms in total. The van der Waals surface area contributed by atoms with Gasteiger partial charge in [0.15, 0.2) is 0 Å². The first kappa shape index (κ1) is 20.9. The van der Waals surface area contributed by atoms with E-state index < -0.39 is 55.3 Å². The average Bonchev–Trinajstić information content (AvgIpc) is 2.47. The molecule has 0 aromatic heterocycles. The largest absolute Gasteiger partial charge is 0.550 e. The second-order valence-electron chi connectivity index (χ2n) is 5.26. The maximum atomic E-state index is 11.5. The minimum atomic E-state index is -1.91. The fraction of sp³-hybridized carbons (Fsp3) is 0.733. The Balaban J connectivity index is 5.01. The third-order valence-electron chi connectivity index (χ3n) is 3.17. The average molecular weight is 330 g/mol. The van der Waals surface area contributed by atoms with Crippen molar-refractivity contribution in [2.75, 3.05) is 13.2 Å². The Hall–Kier alpha value is -2.12. The van der Waals surface area contributed by atoms with E-state index >= 15 is 0 Å². The van der Waals surface area contributed by atoms with E-state index in [0.717, 1.165) is 0 Å². The molecule has 0 spiro atoms. The Morgan fingerprint density at radius 1 is 0.826 bits per heavy atom. The summed E-state index contributed by atoms with van der Waals surface area (Å²) in [5, 5.41) is 22.1. The molecule has 132 valence electrons. The van der Waals surface area contributed by atoms with Crippen molar-refractivity contribution < 1.29 is 38.9 Å². The zero-order valence-corrected chi connectivity index (χ0v) is 13.4. The second-order valence-corrected chi connectivity index (χ2v) is 5.26. The van der Waals surface area contributed by atoms with Crippen molar-refractivity contribution in [1.82, 2.24) is 0 Å². The number of aliphatic carboxylic acids is 2. The highest BCUT2D eigenvalue weighted by Gasteiger charge is 2.35. The number of ether oxygens (including phenoxy) is 2. The van der Waals surface area contributed by atoms with Gasteiger partial charge in [-0.05, 0) is 25.7 Å². The molecule has 0 rings (SSSR count). The van der Waals surface area contributed by atoms with Gasteiger partial charge < -0.3 is 29.3 Å². The van der Waals surface area contributed by atoms with Crippen LogP contribution in [0.5, 0.6) is 0 Å². The highest BCUT2D eigenvalue weighted by Crippen LogP contribution is 2.25. The van der Waals surface area contributed by atoms with Crippen molar-refractivity contribution in [2.45, 2.75) is 52.4 Å². The maximum absolute atomic E-state index is 11.5. The van der Waals surface area contributed by atoms with Crippen LogP contribution < -0.4 is 10.2 Å². The summed E-state index contributed by atoms with van der Waals surface area (Å²) < 4.78 is 9.74. The topological polar surface area (TPSA) is 133 Å². The Morgan fingerprint density at radius 3 is 1.57 bits per heavy atom. The molecule has 23 heavy (non-hydrogen) atoms. The minimum Gasteiger partial charge on any atom is -0.550 e. The van der Waals surface area contributed by atoms with Crippen LogP contribution >= 0.6 is 0 Å². The Bertz CT molecular complexity index is 407. The predicted octanol–water partition coefficient (Wildman–Crippen LogP) is -1.06. The standard InChI is InChI=1S/C15H24O8/c1-3-5-12(18)22-9-15(14(20)21,8-7-11(16)17)10-23-13(19)6-4-2/h3-10H2,1-2H3,(H,16,17)(H,20,21)/p-2. The lowest BCUT2D eigenvalue weighted by Gasteiger charge is -2.33. The van der Waals surface area contributed by atoms with Crippen molar-refractivity contribution in [2.24, 2.45) is 5.41 Å². The van der Waals surface area contributed by atoms with Gasteiger partial charge in [0.1, 0.15) is 13.2 Å². The van der Waals surface area contributed by atoms with Gasteiger partial charge in [-0.1, -0.05) is 13.8 Å². The van der Waals surface area contributed by atoms with Crippen molar-refractivity contribution in [3.8, 4) is 0 Å². The van der Waals surface area contributed by atoms with E-state index in [0.29, 0.717) is 12.8 Å². The Kier molecular flexibility index (Phi) is 9.60. The predicted molar refractivity (Wildman–Crippen MR) is 73.4 cm³/mol. The smallest absolute Gasteiger partial charge is 0.305 e. The van der Waals surface area contributed by atoms with E-state index in [-0.39, 0.29) is 12.8 Å². The summed E-state index contributed by atoms with van der Waals surface area (Å²) >= 11 is 0. The van der Waals surface area contributed by atoms with Crippen LogP contribution in [0.2, 0.25) is 0 Å². The SMILES string of the molecule is CCCC(=O)OCC(CCC(=O)[O-])(COC(=O)CCC)C(=O)[O-]. The second kappa shape index (κ2) is 10.6.